The zero-order valence-electron chi connectivity index (χ0n) is 8.34. The summed E-state index contributed by atoms with van der Waals surface area (Å²) in [5.41, 5.74) is 1.57. The average Bonchev–Trinajstić information content (AvgIpc) is 2.65. The molecule has 1 aliphatic heterocycles. The van der Waals surface area contributed by atoms with Crippen molar-refractivity contribution in [2.75, 3.05) is 18.4 Å². The van der Waals surface area contributed by atoms with Gasteiger partial charge in [-0.25, -0.2) is 0 Å². The van der Waals surface area contributed by atoms with E-state index in [0.29, 0.717) is 0 Å². The maximum Gasteiger partial charge on any atom is 0.0244 e. The summed E-state index contributed by atoms with van der Waals surface area (Å²) >= 11 is 5.40. The standard InChI is InChI=1S/C11H16BrNS/c12-5-1-2-6-13-7-3-11-10(9-13)4-8-14-11/h4,8H,1-3,5-7,9H2. The van der Waals surface area contributed by atoms with Crippen molar-refractivity contribution in [1.82, 2.24) is 4.90 Å². The Hall–Kier alpha value is 0.140. The molecule has 1 aromatic heterocycles. The lowest BCUT2D eigenvalue weighted by Gasteiger charge is -2.26. The van der Waals surface area contributed by atoms with Gasteiger partial charge in [0.05, 0.1) is 0 Å². The van der Waals surface area contributed by atoms with E-state index in [4.69, 9.17) is 0 Å². The molecule has 0 bridgehead atoms. The number of alkyl halides is 1. The minimum Gasteiger partial charge on any atom is -0.299 e. The van der Waals surface area contributed by atoms with Crippen LogP contribution in [0.1, 0.15) is 23.3 Å². The van der Waals surface area contributed by atoms with Gasteiger partial charge >= 0.3 is 0 Å². The summed E-state index contributed by atoms with van der Waals surface area (Å²) in [7, 11) is 0. The van der Waals surface area contributed by atoms with Crippen molar-refractivity contribution in [2.24, 2.45) is 0 Å². The van der Waals surface area contributed by atoms with Crippen molar-refractivity contribution in [1.29, 1.82) is 0 Å². The Balaban J connectivity index is 1.82. The van der Waals surface area contributed by atoms with Crippen LogP contribution in [-0.4, -0.2) is 23.3 Å². The molecule has 0 atom stereocenters. The van der Waals surface area contributed by atoms with Crippen molar-refractivity contribution < 1.29 is 0 Å². The molecular formula is C11H16BrNS. The second kappa shape index (κ2) is 5.29. The Bertz CT molecular complexity index is 285. The number of fused-ring (bicyclic) bond motifs is 1. The van der Waals surface area contributed by atoms with Crippen molar-refractivity contribution in [2.45, 2.75) is 25.8 Å². The van der Waals surface area contributed by atoms with Crippen molar-refractivity contribution in [3.05, 3.63) is 21.9 Å². The van der Waals surface area contributed by atoms with Gasteiger partial charge in [-0.3, -0.25) is 4.90 Å². The first-order chi connectivity index (χ1) is 6.90. The third-order valence-corrected chi connectivity index (χ3v) is 4.33. The summed E-state index contributed by atoms with van der Waals surface area (Å²) in [5, 5.41) is 3.37. The summed E-state index contributed by atoms with van der Waals surface area (Å²) in [6.45, 7) is 3.71. The van der Waals surface area contributed by atoms with Crippen LogP contribution in [-0.2, 0) is 13.0 Å². The minimum absolute atomic E-state index is 1.14. The van der Waals surface area contributed by atoms with Gasteiger partial charge in [-0.05, 0) is 42.8 Å². The molecule has 2 heterocycles. The summed E-state index contributed by atoms with van der Waals surface area (Å²) < 4.78 is 0. The number of unbranched alkanes of at least 4 members (excludes halogenated alkanes) is 1. The third-order valence-electron chi connectivity index (χ3n) is 2.74. The van der Waals surface area contributed by atoms with Crippen LogP contribution >= 0.6 is 27.3 Å². The lowest BCUT2D eigenvalue weighted by molar-refractivity contribution is 0.252. The molecule has 0 radical (unpaired) electrons. The Morgan fingerprint density at radius 2 is 2.36 bits per heavy atom. The lowest BCUT2D eigenvalue weighted by atomic mass is 10.1. The van der Waals surface area contributed by atoms with Crippen LogP contribution in [0.4, 0.5) is 0 Å². The number of nitrogens with zero attached hydrogens (tertiary/aromatic N) is 1. The Kier molecular flexibility index (Phi) is 4.02. The predicted molar refractivity (Wildman–Crippen MR) is 66.3 cm³/mol. The Morgan fingerprint density at radius 1 is 1.43 bits per heavy atom. The number of hydrogen-bond acceptors (Lipinski definition) is 2. The topological polar surface area (TPSA) is 3.24 Å². The first-order valence-electron chi connectivity index (χ1n) is 5.23. The molecule has 3 heteroatoms. The van der Waals surface area contributed by atoms with E-state index in [9.17, 15) is 0 Å². The summed E-state index contributed by atoms with van der Waals surface area (Å²) in [5.74, 6) is 0. The number of rotatable bonds is 4. The smallest absolute Gasteiger partial charge is 0.0244 e. The number of halogens is 1. The quantitative estimate of drug-likeness (QED) is 0.601. The van der Waals surface area contributed by atoms with E-state index >= 15 is 0 Å². The monoisotopic (exact) mass is 273 g/mol. The molecule has 1 aliphatic rings. The SMILES string of the molecule is BrCCCCN1CCc2sccc2C1. The molecule has 78 valence electrons. The Morgan fingerprint density at radius 3 is 3.21 bits per heavy atom. The maximum absolute atomic E-state index is 3.48. The van der Waals surface area contributed by atoms with Gasteiger partial charge in [-0.1, -0.05) is 15.9 Å². The number of thiophene rings is 1. The van der Waals surface area contributed by atoms with Gasteiger partial charge in [0.25, 0.3) is 0 Å². The van der Waals surface area contributed by atoms with E-state index < -0.39 is 0 Å². The van der Waals surface area contributed by atoms with E-state index in [0.717, 1.165) is 5.33 Å². The van der Waals surface area contributed by atoms with Gasteiger partial charge in [-0.2, -0.15) is 0 Å². The highest BCUT2D eigenvalue weighted by atomic mass is 79.9. The molecular weight excluding hydrogens is 258 g/mol. The van der Waals surface area contributed by atoms with E-state index in [-0.39, 0.29) is 0 Å². The fourth-order valence-electron chi connectivity index (χ4n) is 1.93. The summed E-state index contributed by atoms with van der Waals surface area (Å²) in [6.07, 6.45) is 3.89. The van der Waals surface area contributed by atoms with E-state index in [1.165, 1.54) is 38.9 Å². The normalized spacial score (nSPS) is 16.9. The van der Waals surface area contributed by atoms with Crippen LogP contribution in [0.15, 0.2) is 11.4 Å². The fraction of sp³-hybridized carbons (Fsp3) is 0.636. The van der Waals surface area contributed by atoms with Gasteiger partial charge in [-0.15, -0.1) is 11.3 Å². The van der Waals surface area contributed by atoms with Gasteiger partial charge in [0.2, 0.25) is 0 Å². The van der Waals surface area contributed by atoms with Crippen molar-refractivity contribution in [3.63, 3.8) is 0 Å². The molecule has 14 heavy (non-hydrogen) atoms. The van der Waals surface area contributed by atoms with Crippen LogP contribution in [0.5, 0.6) is 0 Å². The van der Waals surface area contributed by atoms with Crippen LogP contribution in [0.25, 0.3) is 0 Å². The molecule has 0 spiro atoms. The Labute approximate surface area is 98.2 Å². The molecule has 0 N–H and O–H groups in total. The van der Waals surface area contributed by atoms with Gasteiger partial charge < -0.3 is 0 Å². The van der Waals surface area contributed by atoms with Gasteiger partial charge in [0.15, 0.2) is 0 Å². The van der Waals surface area contributed by atoms with Gasteiger partial charge in [0, 0.05) is 23.3 Å². The highest BCUT2D eigenvalue weighted by Crippen LogP contribution is 2.23. The van der Waals surface area contributed by atoms with Crippen LogP contribution in [0, 0.1) is 0 Å². The maximum atomic E-state index is 3.48. The van der Waals surface area contributed by atoms with E-state index in [1.807, 2.05) is 11.3 Å². The highest BCUT2D eigenvalue weighted by Gasteiger charge is 2.15. The van der Waals surface area contributed by atoms with Crippen LogP contribution in [0.3, 0.4) is 0 Å². The first-order valence-corrected chi connectivity index (χ1v) is 7.24. The summed E-state index contributed by atoms with van der Waals surface area (Å²) in [4.78, 5) is 4.19. The largest absolute Gasteiger partial charge is 0.299 e. The molecule has 1 aromatic rings. The first kappa shape index (κ1) is 10.7. The zero-order valence-corrected chi connectivity index (χ0v) is 10.7. The van der Waals surface area contributed by atoms with Crippen LogP contribution in [0.2, 0.25) is 0 Å². The molecule has 0 aromatic carbocycles. The molecule has 0 saturated heterocycles. The molecule has 0 amide bonds. The average molecular weight is 274 g/mol. The molecule has 0 fully saturated rings. The van der Waals surface area contributed by atoms with E-state index in [2.05, 4.69) is 32.3 Å². The highest BCUT2D eigenvalue weighted by molar-refractivity contribution is 9.09. The lowest BCUT2D eigenvalue weighted by Crippen LogP contribution is -2.30. The minimum atomic E-state index is 1.14. The molecule has 0 aliphatic carbocycles. The fourth-order valence-corrected chi connectivity index (χ4v) is 3.21. The second-order valence-corrected chi connectivity index (χ2v) is 5.58. The molecule has 2 rings (SSSR count). The number of hydrogen-bond donors (Lipinski definition) is 0. The van der Waals surface area contributed by atoms with Gasteiger partial charge in [0.1, 0.15) is 0 Å². The summed E-state index contributed by atoms with van der Waals surface area (Å²) in [6, 6.07) is 2.29. The third kappa shape index (κ3) is 2.59. The zero-order chi connectivity index (χ0) is 9.80. The van der Waals surface area contributed by atoms with E-state index in [1.54, 1.807) is 10.4 Å². The second-order valence-electron chi connectivity index (χ2n) is 3.79. The predicted octanol–water partition coefficient (Wildman–Crippen LogP) is 3.28. The molecule has 0 unspecified atom stereocenters. The molecule has 0 saturated carbocycles. The molecule has 1 nitrogen and oxygen atoms in total. The van der Waals surface area contributed by atoms with Crippen LogP contribution < -0.4 is 0 Å². The van der Waals surface area contributed by atoms with Crippen molar-refractivity contribution >= 4 is 27.3 Å². The van der Waals surface area contributed by atoms with Crippen molar-refractivity contribution in [3.8, 4) is 0 Å².